The fourth-order valence-corrected chi connectivity index (χ4v) is 6.06. The van der Waals surface area contributed by atoms with Gasteiger partial charge in [0.05, 0.1) is 22.1 Å². The molecule has 1 atom stereocenters. The lowest BCUT2D eigenvalue weighted by Gasteiger charge is -2.42. The number of pyridine rings is 1. The van der Waals surface area contributed by atoms with E-state index in [1.165, 1.54) is 11.8 Å². The molecule has 0 aromatic carbocycles. The average Bonchev–Trinajstić information content (AvgIpc) is 3.33. The molecule has 11 heteroatoms. The monoisotopic (exact) mass is 493 g/mol. The molecule has 2 fully saturated rings. The number of hydrogen-bond donors (Lipinski definition) is 2. The molecule has 4 N–H and O–H groups in total. The zero-order valence-corrected chi connectivity index (χ0v) is 20.2. The molecule has 32 heavy (non-hydrogen) atoms. The van der Waals surface area contributed by atoms with Gasteiger partial charge in [0.2, 0.25) is 5.95 Å². The molecule has 0 bridgehead atoms. The maximum atomic E-state index is 6.60. The fraction of sp³-hybridized carbons (Fsp3) is 0.476. The summed E-state index contributed by atoms with van der Waals surface area (Å²) in [6, 6.07) is 1.73. The first kappa shape index (κ1) is 22.0. The van der Waals surface area contributed by atoms with Crippen molar-refractivity contribution in [3.8, 4) is 0 Å². The SMILES string of the molecule is CC1(C)COC2(CCN(c3ncc(Sc4cc(N)nc(Cl)c4Cl)c4nccn34)CC2)[C@H]1N. The molecule has 170 valence electrons. The van der Waals surface area contributed by atoms with E-state index >= 15 is 0 Å². The van der Waals surface area contributed by atoms with Gasteiger partial charge in [0.15, 0.2) is 10.8 Å². The number of hydrogen-bond acceptors (Lipinski definition) is 8. The number of piperidine rings is 1. The molecule has 2 saturated heterocycles. The molecule has 5 rings (SSSR count). The van der Waals surface area contributed by atoms with Gasteiger partial charge in [-0.25, -0.2) is 15.0 Å². The van der Waals surface area contributed by atoms with Gasteiger partial charge in [-0.2, -0.15) is 0 Å². The van der Waals surface area contributed by atoms with Crippen molar-refractivity contribution in [2.75, 3.05) is 30.3 Å². The van der Waals surface area contributed by atoms with Gasteiger partial charge >= 0.3 is 0 Å². The van der Waals surface area contributed by atoms with Gasteiger partial charge in [-0.15, -0.1) is 0 Å². The number of ether oxygens (including phenoxy) is 1. The first-order valence-corrected chi connectivity index (χ1v) is 12.0. The van der Waals surface area contributed by atoms with Gasteiger partial charge in [-0.05, 0) is 18.9 Å². The second kappa shape index (κ2) is 7.92. The Bertz CT molecular complexity index is 1180. The molecule has 2 aliphatic rings. The van der Waals surface area contributed by atoms with E-state index in [1.807, 2.05) is 16.8 Å². The summed E-state index contributed by atoms with van der Waals surface area (Å²) < 4.78 is 8.25. The van der Waals surface area contributed by atoms with Crippen molar-refractivity contribution in [3.63, 3.8) is 0 Å². The zero-order chi connectivity index (χ0) is 22.7. The van der Waals surface area contributed by atoms with Crippen molar-refractivity contribution in [3.05, 3.63) is 34.8 Å². The van der Waals surface area contributed by atoms with Crippen LogP contribution in [0.4, 0.5) is 11.8 Å². The van der Waals surface area contributed by atoms with Gasteiger partial charge in [-0.1, -0.05) is 48.8 Å². The minimum Gasteiger partial charge on any atom is -0.384 e. The molecule has 0 aliphatic carbocycles. The predicted molar refractivity (Wildman–Crippen MR) is 128 cm³/mol. The van der Waals surface area contributed by atoms with E-state index in [2.05, 4.69) is 28.7 Å². The van der Waals surface area contributed by atoms with Crippen LogP contribution in [0.3, 0.4) is 0 Å². The van der Waals surface area contributed by atoms with E-state index < -0.39 is 0 Å². The molecular weight excluding hydrogens is 469 g/mol. The molecule has 0 radical (unpaired) electrons. The van der Waals surface area contributed by atoms with Crippen LogP contribution < -0.4 is 16.4 Å². The number of nitrogens with two attached hydrogens (primary N) is 2. The summed E-state index contributed by atoms with van der Waals surface area (Å²) in [7, 11) is 0. The highest BCUT2D eigenvalue weighted by Gasteiger charge is 2.53. The smallest absolute Gasteiger partial charge is 0.211 e. The maximum absolute atomic E-state index is 6.60. The van der Waals surface area contributed by atoms with Crippen molar-refractivity contribution >= 4 is 52.4 Å². The lowest BCUT2D eigenvalue weighted by Crippen LogP contribution is -2.56. The lowest BCUT2D eigenvalue weighted by molar-refractivity contribution is -0.0236. The summed E-state index contributed by atoms with van der Waals surface area (Å²) in [4.78, 5) is 17.1. The summed E-state index contributed by atoms with van der Waals surface area (Å²) >= 11 is 13.8. The van der Waals surface area contributed by atoms with Gasteiger partial charge in [0.1, 0.15) is 5.82 Å². The molecule has 0 unspecified atom stereocenters. The summed E-state index contributed by atoms with van der Waals surface area (Å²) in [5.74, 6) is 1.16. The quantitative estimate of drug-likeness (QED) is 0.529. The number of imidazole rings is 1. The lowest BCUT2D eigenvalue weighted by atomic mass is 9.75. The number of nitrogens with zero attached hydrogens (tertiary/aromatic N) is 5. The minimum absolute atomic E-state index is 0.00255. The van der Waals surface area contributed by atoms with Crippen LogP contribution in [0.25, 0.3) is 5.65 Å². The number of aromatic nitrogens is 4. The van der Waals surface area contributed by atoms with Crippen LogP contribution in [0.5, 0.6) is 0 Å². The third-order valence-corrected chi connectivity index (χ3v) is 8.45. The summed E-state index contributed by atoms with van der Waals surface area (Å²) in [5.41, 5.74) is 13.0. The van der Waals surface area contributed by atoms with Crippen molar-refractivity contribution in [2.45, 2.75) is 48.1 Å². The van der Waals surface area contributed by atoms with Gasteiger partial charge < -0.3 is 21.1 Å². The van der Waals surface area contributed by atoms with Crippen molar-refractivity contribution in [1.29, 1.82) is 0 Å². The number of rotatable bonds is 3. The highest BCUT2D eigenvalue weighted by atomic mass is 35.5. The Morgan fingerprint density at radius 3 is 2.62 bits per heavy atom. The standard InChI is InChI=1S/C21H25Cl2N7OS/c1-20(2)11-31-21(18(20)25)3-6-29(7-4-21)19-27-10-13(17-26-5-8-30(17)19)32-12-9-14(24)28-16(23)15(12)22/h5,8-10,18H,3-4,6-7,11,25H2,1-2H3,(H2,24,28)/t18-/m0/s1. The Hall–Kier alpha value is -1.78. The van der Waals surface area contributed by atoms with Gasteiger partial charge in [-0.3, -0.25) is 4.40 Å². The van der Waals surface area contributed by atoms with Crippen LogP contribution in [-0.2, 0) is 4.74 Å². The number of halogens is 2. The molecule has 2 aliphatic heterocycles. The van der Waals surface area contributed by atoms with Crippen molar-refractivity contribution in [2.24, 2.45) is 11.1 Å². The average molecular weight is 494 g/mol. The Kier molecular flexibility index (Phi) is 5.45. The zero-order valence-electron chi connectivity index (χ0n) is 17.9. The van der Waals surface area contributed by atoms with E-state index in [1.54, 1.807) is 12.3 Å². The van der Waals surface area contributed by atoms with Crippen LogP contribution in [0.1, 0.15) is 26.7 Å². The van der Waals surface area contributed by atoms with Crippen LogP contribution in [-0.4, -0.2) is 50.7 Å². The summed E-state index contributed by atoms with van der Waals surface area (Å²) in [5, 5.41) is 0.535. The van der Waals surface area contributed by atoms with Gasteiger partial charge in [0, 0.05) is 48.0 Å². The topological polar surface area (TPSA) is 108 Å². The number of fused-ring (bicyclic) bond motifs is 1. The fourth-order valence-electron chi connectivity index (χ4n) is 4.64. The second-order valence-electron chi connectivity index (χ2n) is 9.10. The third-order valence-electron chi connectivity index (χ3n) is 6.53. The highest BCUT2D eigenvalue weighted by Crippen LogP contribution is 2.44. The summed E-state index contributed by atoms with van der Waals surface area (Å²) in [6.45, 7) is 6.71. The van der Waals surface area contributed by atoms with E-state index in [0.29, 0.717) is 22.3 Å². The third kappa shape index (κ3) is 3.60. The first-order chi connectivity index (χ1) is 15.2. The highest BCUT2D eigenvalue weighted by molar-refractivity contribution is 7.99. The molecular formula is C21H25Cl2N7OS. The van der Waals surface area contributed by atoms with Crippen LogP contribution in [0, 0.1) is 5.41 Å². The molecule has 1 spiro atoms. The van der Waals surface area contributed by atoms with Crippen LogP contribution in [0.15, 0.2) is 34.4 Å². The largest absolute Gasteiger partial charge is 0.384 e. The Balaban J connectivity index is 1.41. The molecule has 3 aromatic heterocycles. The van der Waals surface area contributed by atoms with Crippen LogP contribution in [0.2, 0.25) is 10.2 Å². The molecule has 3 aromatic rings. The Morgan fingerprint density at radius 1 is 1.19 bits per heavy atom. The van der Waals surface area contributed by atoms with Crippen LogP contribution >= 0.6 is 35.0 Å². The molecule has 0 amide bonds. The van der Waals surface area contributed by atoms with E-state index in [4.69, 9.17) is 44.4 Å². The minimum atomic E-state index is -0.249. The number of nitrogen functional groups attached to an aromatic ring is 1. The Labute approximate surface area is 200 Å². The Morgan fingerprint density at radius 2 is 1.94 bits per heavy atom. The number of anilines is 2. The molecule has 5 heterocycles. The first-order valence-electron chi connectivity index (χ1n) is 10.5. The van der Waals surface area contributed by atoms with Gasteiger partial charge in [0.25, 0.3) is 0 Å². The molecule has 0 saturated carbocycles. The van der Waals surface area contributed by atoms with E-state index in [-0.39, 0.29) is 22.2 Å². The maximum Gasteiger partial charge on any atom is 0.211 e. The van der Waals surface area contributed by atoms with E-state index in [9.17, 15) is 0 Å². The molecule has 8 nitrogen and oxygen atoms in total. The van der Waals surface area contributed by atoms with E-state index in [0.717, 1.165) is 42.4 Å². The predicted octanol–water partition coefficient (Wildman–Crippen LogP) is 3.89. The second-order valence-corrected chi connectivity index (χ2v) is 10.9. The van der Waals surface area contributed by atoms with Crippen molar-refractivity contribution in [1.82, 2.24) is 19.4 Å². The normalized spacial score (nSPS) is 22.2. The summed E-state index contributed by atoms with van der Waals surface area (Å²) in [6.07, 6.45) is 7.24. The van der Waals surface area contributed by atoms with Crippen molar-refractivity contribution < 1.29 is 4.74 Å².